The lowest BCUT2D eigenvalue weighted by Gasteiger charge is -2.29. The lowest BCUT2D eigenvalue weighted by atomic mass is 9.96. The molecule has 0 bridgehead atoms. The second-order valence-corrected chi connectivity index (χ2v) is 18.1. The van der Waals surface area contributed by atoms with Gasteiger partial charge in [-0.15, -0.1) is 0 Å². The van der Waals surface area contributed by atoms with E-state index in [1.54, 1.807) is 95.3 Å². The minimum Gasteiger partial charge on any atom is -0.480 e. The normalized spacial score (nSPS) is 14.8. The van der Waals surface area contributed by atoms with E-state index < -0.39 is 108 Å². The molecule has 0 aliphatic rings. The average molecular weight is 936 g/mol. The van der Waals surface area contributed by atoms with Gasteiger partial charge in [-0.1, -0.05) is 122 Å². The zero-order chi connectivity index (χ0) is 50.4. The van der Waals surface area contributed by atoms with Crippen LogP contribution >= 0.6 is 0 Å². The molecule has 0 unspecified atom stereocenters. The first-order valence-corrected chi connectivity index (χ1v) is 22.9. The van der Waals surface area contributed by atoms with Crippen molar-refractivity contribution in [1.82, 2.24) is 42.5 Å². The van der Waals surface area contributed by atoms with Gasteiger partial charge in [0.15, 0.2) is 0 Å². The van der Waals surface area contributed by atoms with Gasteiger partial charge in [-0.2, -0.15) is 0 Å². The maximum absolute atomic E-state index is 14.1. The molecule has 2 aromatic carbocycles. The minimum atomic E-state index is -1.34. The molecule has 19 heteroatoms. The summed E-state index contributed by atoms with van der Waals surface area (Å²) in [5.41, 5.74) is 6.86. The third kappa shape index (κ3) is 20.4. The van der Waals surface area contributed by atoms with E-state index in [4.69, 9.17) is 5.73 Å². The molecule has 2 rings (SSSR count). The summed E-state index contributed by atoms with van der Waals surface area (Å²) >= 11 is 0. The molecule has 11 N–H and O–H groups in total. The van der Waals surface area contributed by atoms with Crippen molar-refractivity contribution >= 4 is 53.2 Å². The molecule has 2 aromatic rings. The van der Waals surface area contributed by atoms with Crippen molar-refractivity contribution < 1.29 is 48.3 Å². The van der Waals surface area contributed by atoms with Gasteiger partial charge in [-0.05, 0) is 54.6 Å². The van der Waals surface area contributed by atoms with Crippen LogP contribution in [-0.4, -0.2) is 108 Å². The number of nitrogens with two attached hydrogens (primary N) is 1. The average Bonchev–Trinajstić information content (AvgIpc) is 3.27. The van der Waals surface area contributed by atoms with Gasteiger partial charge < -0.3 is 53.4 Å². The fraction of sp³-hybridized carbons (Fsp3) is 0.562. The van der Waals surface area contributed by atoms with Crippen LogP contribution in [-0.2, 0) is 56.0 Å². The van der Waals surface area contributed by atoms with Crippen LogP contribution in [0.4, 0.5) is 0 Å². The molecule has 0 aliphatic heterocycles. The number of amides is 8. The molecule has 0 heterocycles. The van der Waals surface area contributed by atoms with Crippen LogP contribution in [0.25, 0.3) is 0 Å². The summed E-state index contributed by atoms with van der Waals surface area (Å²) in [6.07, 6.45) is -0.0835. The van der Waals surface area contributed by atoms with Crippen molar-refractivity contribution in [3.63, 3.8) is 0 Å². The monoisotopic (exact) mass is 936 g/mol. The smallest absolute Gasteiger partial charge is 0.326 e. The lowest BCUT2D eigenvalue weighted by Crippen LogP contribution is -2.60. The van der Waals surface area contributed by atoms with Gasteiger partial charge in [0.25, 0.3) is 0 Å². The molecule has 0 spiro atoms. The Hall–Kier alpha value is -6.37. The first-order chi connectivity index (χ1) is 31.6. The van der Waals surface area contributed by atoms with E-state index in [-0.39, 0.29) is 50.0 Å². The number of aliphatic carboxylic acids is 1. The van der Waals surface area contributed by atoms with Gasteiger partial charge in [0.2, 0.25) is 47.3 Å². The second kappa shape index (κ2) is 28.6. The van der Waals surface area contributed by atoms with E-state index in [0.717, 1.165) is 5.56 Å². The Balaban J connectivity index is 2.30. The van der Waals surface area contributed by atoms with Gasteiger partial charge in [-0.25, -0.2) is 4.79 Å². The fourth-order valence-electron chi connectivity index (χ4n) is 6.94. The maximum Gasteiger partial charge on any atom is 0.326 e. The van der Waals surface area contributed by atoms with Crippen molar-refractivity contribution in [2.45, 2.75) is 131 Å². The molecule has 8 amide bonds. The fourth-order valence-corrected chi connectivity index (χ4v) is 6.94. The van der Waals surface area contributed by atoms with E-state index in [2.05, 4.69) is 42.5 Å². The molecule has 19 nitrogen and oxygen atoms in total. The molecule has 370 valence electrons. The van der Waals surface area contributed by atoms with Crippen molar-refractivity contribution in [3.8, 4) is 0 Å². The first kappa shape index (κ1) is 56.8. The van der Waals surface area contributed by atoms with Crippen LogP contribution < -0.4 is 48.3 Å². The highest BCUT2D eigenvalue weighted by Crippen LogP contribution is 2.13. The zero-order valence-corrected chi connectivity index (χ0v) is 40.3. The lowest BCUT2D eigenvalue weighted by molar-refractivity contribution is -0.144. The summed E-state index contributed by atoms with van der Waals surface area (Å²) < 4.78 is 0. The standard InChI is InChI=1S/C48H73N9O10/c1-10-30(8)41(56-38(58)25-49)47(65)52-34(21-27(2)3)44(62)50-26-39(59)51-35(23-32-17-13-11-14-18-32)45(63)57-40(29(6)7)46(64)55-37(24-33-19-15-12-16-20-33)54-43(61)31(9)42(60)53-36(48(66)67)22-28(4)5/h11-20,27-31,34-37,40-41H,10,21-26,49H2,1-9H3,(H,50,62)(H,51,59)(H,52,65)(H,53,60)(H,54,61)(H,55,64)(H,56,58)(H,57,63)(H,66,67)/t30-,31-,34-,35-,36-,37-,40-,41-/m0/s1. The molecule has 0 saturated carbocycles. The summed E-state index contributed by atoms with van der Waals surface area (Å²) in [6.45, 7) is 14.8. The molecule has 0 aliphatic carbocycles. The topological polar surface area (TPSA) is 296 Å². The highest BCUT2D eigenvalue weighted by molar-refractivity contribution is 6.01. The van der Waals surface area contributed by atoms with Gasteiger partial charge in [-0.3, -0.25) is 38.4 Å². The Bertz CT molecular complexity index is 1970. The van der Waals surface area contributed by atoms with Crippen molar-refractivity contribution in [2.24, 2.45) is 35.3 Å². The summed E-state index contributed by atoms with van der Waals surface area (Å²) in [5, 5.41) is 30.8. The molecule has 0 radical (unpaired) electrons. The molecule has 0 saturated heterocycles. The molecule has 67 heavy (non-hydrogen) atoms. The van der Waals surface area contributed by atoms with E-state index in [1.165, 1.54) is 6.92 Å². The number of carboxylic acids is 1. The second-order valence-electron chi connectivity index (χ2n) is 18.1. The maximum atomic E-state index is 14.1. The number of carbonyl (C=O) groups excluding carboxylic acids is 8. The number of hydrogen-bond acceptors (Lipinski definition) is 10. The Kier molecular flexibility index (Phi) is 24.2. The van der Waals surface area contributed by atoms with Crippen LogP contribution in [0.2, 0.25) is 0 Å². The zero-order valence-electron chi connectivity index (χ0n) is 40.3. The van der Waals surface area contributed by atoms with Crippen LogP contribution in [0.15, 0.2) is 60.7 Å². The Morgan fingerprint density at radius 1 is 0.522 bits per heavy atom. The molecule has 0 aromatic heterocycles. The predicted molar refractivity (Wildman–Crippen MR) is 252 cm³/mol. The highest BCUT2D eigenvalue weighted by Gasteiger charge is 2.34. The summed E-state index contributed by atoms with van der Waals surface area (Å²) in [6, 6.07) is 12.1. The minimum absolute atomic E-state index is 0.00287. The summed E-state index contributed by atoms with van der Waals surface area (Å²) in [5.74, 6) is -8.97. The largest absolute Gasteiger partial charge is 0.480 e. The Morgan fingerprint density at radius 3 is 1.52 bits per heavy atom. The van der Waals surface area contributed by atoms with Crippen LogP contribution in [0.3, 0.4) is 0 Å². The van der Waals surface area contributed by atoms with Gasteiger partial charge in [0, 0.05) is 12.8 Å². The number of hydrogen-bond donors (Lipinski definition) is 10. The van der Waals surface area contributed by atoms with Crippen molar-refractivity contribution in [3.05, 3.63) is 71.8 Å². The quantitative estimate of drug-likeness (QED) is 0.0425. The molecule has 8 atom stereocenters. The van der Waals surface area contributed by atoms with Gasteiger partial charge in [0.1, 0.15) is 42.3 Å². The van der Waals surface area contributed by atoms with E-state index >= 15 is 0 Å². The number of rotatable bonds is 28. The van der Waals surface area contributed by atoms with E-state index in [0.29, 0.717) is 12.0 Å². The van der Waals surface area contributed by atoms with E-state index in [1.807, 2.05) is 20.8 Å². The molecule has 0 fully saturated rings. The number of nitrogens with one attached hydrogen (secondary N) is 8. The van der Waals surface area contributed by atoms with Crippen molar-refractivity contribution in [2.75, 3.05) is 13.1 Å². The number of benzene rings is 2. The SMILES string of the molecule is CC[C@H](C)[C@H](NC(=O)CN)C(=O)N[C@@H](CC(C)C)C(=O)NCC(=O)N[C@@H](Cc1ccccc1)C(=O)N[C@H](C(=O)N[C@@H](Cc1ccccc1)NC(=O)[C@@H](C)C(=O)N[C@@H](CC(C)C)C(=O)O)C(C)C. The molecular formula is C48H73N9O10. The highest BCUT2D eigenvalue weighted by atomic mass is 16.4. The van der Waals surface area contributed by atoms with Crippen LogP contribution in [0.5, 0.6) is 0 Å². The van der Waals surface area contributed by atoms with Crippen molar-refractivity contribution in [1.29, 1.82) is 0 Å². The Labute approximate surface area is 394 Å². The first-order valence-electron chi connectivity index (χ1n) is 22.9. The van der Waals surface area contributed by atoms with E-state index in [9.17, 15) is 48.3 Å². The van der Waals surface area contributed by atoms with Gasteiger partial charge in [0.05, 0.1) is 13.1 Å². The van der Waals surface area contributed by atoms with Gasteiger partial charge >= 0.3 is 5.97 Å². The number of carbonyl (C=O) groups is 9. The summed E-state index contributed by atoms with van der Waals surface area (Å²) in [7, 11) is 0. The Morgan fingerprint density at radius 2 is 1.01 bits per heavy atom. The van der Waals surface area contributed by atoms with Crippen LogP contribution in [0.1, 0.15) is 92.7 Å². The third-order valence-electron chi connectivity index (χ3n) is 11.0. The number of carboxylic acid groups (broad SMARTS) is 1. The molecular weight excluding hydrogens is 863 g/mol. The predicted octanol–water partition coefficient (Wildman–Crippen LogP) is 1.04. The third-order valence-corrected chi connectivity index (χ3v) is 11.0. The van der Waals surface area contributed by atoms with Crippen LogP contribution in [0, 0.1) is 29.6 Å². The summed E-state index contributed by atoms with van der Waals surface area (Å²) in [4.78, 5) is 119.